The molecule has 0 aromatic heterocycles. The summed E-state index contributed by atoms with van der Waals surface area (Å²) in [5.74, 6) is -1.21. The van der Waals surface area contributed by atoms with E-state index in [1.807, 2.05) is 12.1 Å². The van der Waals surface area contributed by atoms with Gasteiger partial charge in [0, 0.05) is 20.9 Å². The fourth-order valence-corrected chi connectivity index (χ4v) is 2.05. The molecule has 0 atom stereocenters. The van der Waals surface area contributed by atoms with E-state index in [1.54, 1.807) is 36.4 Å². The molecule has 0 spiro atoms. The van der Waals surface area contributed by atoms with Crippen LogP contribution >= 0.6 is 22.6 Å². The van der Waals surface area contributed by atoms with E-state index in [0.29, 0.717) is 16.8 Å². The summed E-state index contributed by atoms with van der Waals surface area (Å²) in [6.45, 7) is 0. The van der Waals surface area contributed by atoms with Gasteiger partial charge in [-0.15, -0.1) is 0 Å². The highest BCUT2D eigenvalue weighted by molar-refractivity contribution is 14.1. The first kappa shape index (κ1) is 15.2. The Hall–Kier alpha value is -2.15. The van der Waals surface area contributed by atoms with Crippen molar-refractivity contribution in [1.82, 2.24) is 0 Å². The Balaban J connectivity index is 2.12. The van der Waals surface area contributed by atoms with Crippen molar-refractivity contribution >= 4 is 46.2 Å². The second-order valence-corrected chi connectivity index (χ2v) is 5.50. The van der Waals surface area contributed by atoms with Crippen molar-refractivity contribution in [2.75, 3.05) is 5.32 Å². The van der Waals surface area contributed by atoms with Crippen molar-refractivity contribution in [3.63, 3.8) is 0 Å². The van der Waals surface area contributed by atoms with Gasteiger partial charge in [-0.05, 0) is 70.6 Å². The van der Waals surface area contributed by atoms with Crippen LogP contribution in [-0.4, -0.2) is 17.0 Å². The first-order valence-corrected chi connectivity index (χ1v) is 7.20. The molecule has 0 saturated heterocycles. The van der Waals surface area contributed by atoms with Gasteiger partial charge in [0.25, 0.3) is 5.91 Å². The van der Waals surface area contributed by atoms with Crippen molar-refractivity contribution in [2.24, 2.45) is 0 Å². The first-order chi connectivity index (χ1) is 10.0. The lowest BCUT2D eigenvalue weighted by atomic mass is 10.1. The zero-order valence-electron chi connectivity index (χ0n) is 10.9. The molecule has 0 unspecified atom stereocenters. The zero-order chi connectivity index (χ0) is 15.2. The highest BCUT2D eigenvalue weighted by atomic mass is 127. The molecule has 0 heterocycles. The maximum Gasteiger partial charge on any atom is 0.328 e. The van der Waals surface area contributed by atoms with Crippen LogP contribution in [0.25, 0.3) is 6.08 Å². The summed E-state index contributed by atoms with van der Waals surface area (Å²) in [4.78, 5) is 22.6. The highest BCUT2D eigenvalue weighted by Crippen LogP contribution is 2.14. The number of hydrogen-bond donors (Lipinski definition) is 2. The molecule has 1 amide bonds. The Morgan fingerprint density at radius 3 is 2.48 bits per heavy atom. The van der Waals surface area contributed by atoms with Gasteiger partial charge >= 0.3 is 5.97 Å². The quantitative estimate of drug-likeness (QED) is 0.616. The van der Waals surface area contributed by atoms with E-state index in [4.69, 9.17) is 5.11 Å². The van der Waals surface area contributed by atoms with Crippen LogP contribution < -0.4 is 5.32 Å². The van der Waals surface area contributed by atoms with Gasteiger partial charge in [0.1, 0.15) is 0 Å². The molecule has 0 radical (unpaired) electrons. The van der Waals surface area contributed by atoms with E-state index in [9.17, 15) is 9.59 Å². The number of anilines is 1. The summed E-state index contributed by atoms with van der Waals surface area (Å²) in [5, 5.41) is 11.4. The van der Waals surface area contributed by atoms with E-state index in [1.165, 1.54) is 6.08 Å². The number of aliphatic carboxylic acids is 1. The predicted octanol–water partition coefficient (Wildman–Crippen LogP) is 3.64. The number of carbonyl (C=O) groups excluding carboxylic acids is 1. The summed E-state index contributed by atoms with van der Waals surface area (Å²) >= 11 is 2.17. The topological polar surface area (TPSA) is 66.4 Å². The molecular formula is C16H12INO3. The molecule has 0 saturated carbocycles. The lowest BCUT2D eigenvalue weighted by Crippen LogP contribution is -2.11. The molecule has 0 aliphatic rings. The van der Waals surface area contributed by atoms with Crippen LogP contribution in [0, 0.1) is 3.57 Å². The number of nitrogens with one attached hydrogen (secondary N) is 1. The van der Waals surface area contributed by atoms with Crippen LogP contribution in [0.2, 0.25) is 0 Å². The van der Waals surface area contributed by atoms with E-state index in [0.717, 1.165) is 9.65 Å². The standard InChI is InChI=1S/C16H12INO3/c17-13-7-5-12(6-8-13)16(21)18-14-3-1-2-11(10-14)4-9-15(19)20/h1-10H,(H,18,21)(H,19,20)/b9-4+. The SMILES string of the molecule is O=C(O)/C=C/c1cccc(NC(=O)c2ccc(I)cc2)c1. The van der Waals surface area contributed by atoms with Crippen LogP contribution in [0.15, 0.2) is 54.6 Å². The van der Waals surface area contributed by atoms with Gasteiger partial charge in [-0.2, -0.15) is 0 Å². The average molecular weight is 393 g/mol. The molecule has 2 rings (SSSR count). The number of carbonyl (C=O) groups is 2. The predicted molar refractivity (Wildman–Crippen MR) is 90.2 cm³/mol. The van der Waals surface area contributed by atoms with Crippen molar-refractivity contribution < 1.29 is 14.7 Å². The van der Waals surface area contributed by atoms with Crippen molar-refractivity contribution in [3.8, 4) is 0 Å². The lowest BCUT2D eigenvalue weighted by molar-refractivity contribution is -0.131. The van der Waals surface area contributed by atoms with Crippen LogP contribution in [0.5, 0.6) is 0 Å². The number of carboxylic acid groups (broad SMARTS) is 1. The van der Waals surface area contributed by atoms with Crippen molar-refractivity contribution in [3.05, 3.63) is 69.3 Å². The zero-order valence-corrected chi connectivity index (χ0v) is 13.1. The number of halogens is 1. The second-order valence-electron chi connectivity index (χ2n) is 4.26. The average Bonchev–Trinajstić information content (AvgIpc) is 2.46. The van der Waals surface area contributed by atoms with Crippen molar-refractivity contribution in [2.45, 2.75) is 0 Å². The third-order valence-electron chi connectivity index (χ3n) is 2.67. The number of amides is 1. The molecule has 2 aromatic rings. The Morgan fingerprint density at radius 1 is 1.10 bits per heavy atom. The number of carboxylic acids is 1. The van der Waals surface area contributed by atoms with Crippen LogP contribution in [0.1, 0.15) is 15.9 Å². The van der Waals surface area contributed by atoms with E-state index >= 15 is 0 Å². The third-order valence-corrected chi connectivity index (χ3v) is 3.39. The fourth-order valence-electron chi connectivity index (χ4n) is 1.69. The molecule has 106 valence electrons. The Labute approximate surface area is 135 Å². The Bertz CT molecular complexity index is 693. The maximum absolute atomic E-state index is 12.1. The molecular weight excluding hydrogens is 381 g/mol. The van der Waals surface area contributed by atoms with Gasteiger partial charge in [0.05, 0.1) is 0 Å². The van der Waals surface area contributed by atoms with Gasteiger partial charge in [0.2, 0.25) is 0 Å². The normalized spacial score (nSPS) is 10.5. The fraction of sp³-hybridized carbons (Fsp3) is 0. The molecule has 2 aromatic carbocycles. The second kappa shape index (κ2) is 7.03. The molecule has 2 N–H and O–H groups in total. The minimum absolute atomic E-state index is 0.203. The maximum atomic E-state index is 12.1. The third kappa shape index (κ3) is 4.71. The van der Waals surface area contributed by atoms with E-state index in [-0.39, 0.29) is 5.91 Å². The summed E-state index contributed by atoms with van der Waals surface area (Å²) in [6, 6.07) is 14.2. The van der Waals surface area contributed by atoms with E-state index in [2.05, 4.69) is 27.9 Å². The largest absolute Gasteiger partial charge is 0.478 e. The van der Waals surface area contributed by atoms with Gasteiger partial charge in [0.15, 0.2) is 0 Å². The minimum Gasteiger partial charge on any atom is -0.478 e. The molecule has 0 aliphatic carbocycles. The summed E-state index contributed by atoms with van der Waals surface area (Å²) in [7, 11) is 0. The molecule has 5 heteroatoms. The van der Waals surface area contributed by atoms with Gasteiger partial charge in [-0.1, -0.05) is 12.1 Å². The molecule has 0 bridgehead atoms. The summed E-state index contributed by atoms with van der Waals surface area (Å²) in [5.41, 5.74) is 1.89. The number of benzene rings is 2. The van der Waals surface area contributed by atoms with Crippen molar-refractivity contribution in [1.29, 1.82) is 0 Å². The Morgan fingerprint density at radius 2 is 1.81 bits per heavy atom. The molecule has 0 fully saturated rings. The molecule has 21 heavy (non-hydrogen) atoms. The Kier molecular flexibility index (Phi) is 5.10. The smallest absolute Gasteiger partial charge is 0.328 e. The number of hydrogen-bond acceptors (Lipinski definition) is 2. The van der Waals surface area contributed by atoms with E-state index < -0.39 is 5.97 Å². The van der Waals surface area contributed by atoms with Crippen LogP contribution in [0.4, 0.5) is 5.69 Å². The van der Waals surface area contributed by atoms with Gasteiger partial charge in [-0.3, -0.25) is 4.79 Å². The van der Waals surface area contributed by atoms with Crippen LogP contribution in [0.3, 0.4) is 0 Å². The lowest BCUT2D eigenvalue weighted by Gasteiger charge is -2.06. The molecule has 4 nitrogen and oxygen atoms in total. The van der Waals surface area contributed by atoms with Crippen LogP contribution in [-0.2, 0) is 4.79 Å². The van der Waals surface area contributed by atoms with Gasteiger partial charge < -0.3 is 10.4 Å². The minimum atomic E-state index is -1.01. The monoisotopic (exact) mass is 393 g/mol. The number of rotatable bonds is 4. The summed E-state index contributed by atoms with van der Waals surface area (Å²) in [6.07, 6.45) is 2.53. The first-order valence-electron chi connectivity index (χ1n) is 6.12. The molecule has 0 aliphatic heterocycles. The highest BCUT2D eigenvalue weighted by Gasteiger charge is 2.05. The summed E-state index contributed by atoms with van der Waals surface area (Å²) < 4.78 is 1.06. The van der Waals surface area contributed by atoms with Gasteiger partial charge in [-0.25, -0.2) is 4.79 Å².